The van der Waals surface area contributed by atoms with Crippen LogP contribution in [0.25, 0.3) is 0 Å². The van der Waals surface area contributed by atoms with Crippen molar-refractivity contribution in [3.8, 4) is 11.8 Å². The maximum atomic E-state index is 11.4. The maximum Gasteiger partial charge on any atom is 0.408 e. The Bertz CT molecular complexity index is 663. The molecule has 2 rings (SSSR count). The second kappa shape index (κ2) is 7.93. The van der Waals surface area contributed by atoms with Gasteiger partial charge in [-0.25, -0.2) is 9.78 Å². The highest BCUT2D eigenvalue weighted by Gasteiger charge is 2.00. The molecule has 21 heavy (non-hydrogen) atoms. The van der Waals surface area contributed by atoms with Crippen molar-refractivity contribution < 1.29 is 9.53 Å². The molecule has 0 aliphatic rings. The van der Waals surface area contributed by atoms with E-state index in [2.05, 4.69) is 22.1 Å². The summed E-state index contributed by atoms with van der Waals surface area (Å²) in [4.78, 5) is 15.5. The number of rotatable bonds is 3. The van der Waals surface area contributed by atoms with Gasteiger partial charge in [0.05, 0.1) is 6.54 Å². The van der Waals surface area contributed by atoms with Crippen LogP contribution in [0.4, 0.5) is 4.79 Å². The van der Waals surface area contributed by atoms with E-state index >= 15 is 0 Å². The Morgan fingerprint density at radius 2 is 2.00 bits per heavy atom. The number of hydrogen-bond donors (Lipinski definition) is 1. The topological polar surface area (TPSA) is 51.2 Å². The molecule has 5 heteroatoms. The van der Waals surface area contributed by atoms with Gasteiger partial charge in [-0.2, -0.15) is 0 Å². The number of nitrogens with one attached hydrogen (secondary N) is 1. The highest BCUT2D eigenvalue weighted by atomic mass is 35.5. The van der Waals surface area contributed by atoms with E-state index in [-0.39, 0.29) is 13.2 Å². The highest BCUT2D eigenvalue weighted by molar-refractivity contribution is 6.29. The molecule has 1 N–H and O–H groups in total. The number of aromatic nitrogens is 1. The molecule has 0 spiro atoms. The summed E-state index contributed by atoms with van der Waals surface area (Å²) in [5.74, 6) is 5.57. The van der Waals surface area contributed by atoms with Gasteiger partial charge in [0.15, 0.2) is 0 Å². The molecule has 0 unspecified atom stereocenters. The third kappa shape index (κ3) is 5.55. The summed E-state index contributed by atoms with van der Waals surface area (Å²) in [5.41, 5.74) is 1.49. The van der Waals surface area contributed by atoms with Gasteiger partial charge in [0.1, 0.15) is 17.5 Å². The van der Waals surface area contributed by atoms with Crippen molar-refractivity contribution in [1.29, 1.82) is 0 Å². The van der Waals surface area contributed by atoms with E-state index < -0.39 is 6.09 Å². The molecule has 0 aliphatic carbocycles. The molecule has 0 radical (unpaired) electrons. The van der Waals surface area contributed by atoms with Crippen LogP contribution < -0.4 is 5.32 Å². The first kappa shape index (κ1) is 14.9. The van der Waals surface area contributed by atoms with Crippen LogP contribution in [-0.2, 0) is 11.3 Å². The van der Waals surface area contributed by atoms with Gasteiger partial charge in [-0.05, 0) is 23.6 Å². The highest BCUT2D eigenvalue weighted by Crippen LogP contribution is 2.03. The number of carbonyl (C=O) groups is 1. The van der Waals surface area contributed by atoms with Crippen molar-refractivity contribution in [3.63, 3.8) is 0 Å². The maximum absolute atomic E-state index is 11.4. The molecule has 1 heterocycles. The lowest BCUT2D eigenvalue weighted by atomic mass is 10.2. The molecular weight excluding hydrogens is 288 g/mol. The van der Waals surface area contributed by atoms with Gasteiger partial charge in [-0.15, -0.1) is 0 Å². The first-order valence-corrected chi connectivity index (χ1v) is 6.68. The molecule has 0 aliphatic heterocycles. The monoisotopic (exact) mass is 300 g/mol. The zero-order valence-corrected chi connectivity index (χ0v) is 11.9. The van der Waals surface area contributed by atoms with Crippen LogP contribution in [0.1, 0.15) is 11.3 Å². The Labute approximate surface area is 128 Å². The summed E-state index contributed by atoms with van der Waals surface area (Å²) < 4.78 is 5.04. The number of nitrogens with zero attached hydrogens (tertiary/aromatic N) is 1. The Hall–Kier alpha value is -2.51. The standard InChI is InChI=1S/C16H13ClN2O2/c17-15-10-4-8-14(19-15)9-5-11-18-16(20)21-12-13-6-2-1-3-7-13/h1-4,6-8,10H,11-12H2,(H,18,20). The average molecular weight is 301 g/mol. The van der Waals surface area contributed by atoms with Gasteiger partial charge in [-0.3, -0.25) is 0 Å². The fourth-order valence-corrected chi connectivity index (χ4v) is 1.67. The van der Waals surface area contributed by atoms with Gasteiger partial charge >= 0.3 is 6.09 Å². The summed E-state index contributed by atoms with van der Waals surface area (Å²) in [7, 11) is 0. The van der Waals surface area contributed by atoms with Crippen molar-refractivity contribution in [2.45, 2.75) is 6.61 Å². The van der Waals surface area contributed by atoms with Gasteiger partial charge in [0.2, 0.25) is 0 Å². The predicted molar refractivity (Wildman–Crippen MR) is 80.8 cm³/mol. The third-order valence-electron chi connectivity index (χ3n) is 2.47. The predicted octanol–water partition coefficient (Wildman–Crippen LogP) is 3.01. The summed E-state index contributed by atoms with van der Waals surface area (Å²) in [6.45, 7) is 0.414. The van der Waals surface area contributed by atoms with E-state index in [1.54, 1.807) is 18.2 Å². The smallest absolute Gasteiger partial charge is 0.408 e. The summed E-state index contributed by atoms with van der Waals surface area (Å²) in [5, 5.41) is 2.93. The molecule has 1 aromatic carbocycles. The van der Waals surface area contributed by atoms with E-state index in [1.807, 2.05) is 30.3 Å². The Kier molecular flexibility index (Phi) is 5.62. The quantitative estimate of drug-likeness (QED) is 0.700. The fourth-order valence-electron chi connectivity index (χ4n) is 1.50. The molecule has 1 aromatic heterocycles. The molecule has 2 aromatic rings. The van der Waals surface area contributed by atoms with Crippen molar-refractivity contribution >= 4 is 17.7 Å². The lowest BCUT2D eigenvalue weighted by Gasteiger charge is -2.04. The molecule has 0 bridgehead atoms. The number of pyridine rings is 1. The molecule has 0 saturated carbocycles. The Morgan fingerprint density at radius 3 is 2.76 bits per heavy atom. The van der Waals surface area contributed by atoms with E-state index in [0.717, 1.165) is 5.56 Å². The molecule has 1 amide bonds. The molecule has 0 saturated heterocycles. The first-order valence-electron chi connectivity index (χ1n) is 6.30. The fraction of sp³-hybridized carbons (Fsp3) is 0.125. The van der Waals surface area contributed by atoms with Crippen LogP contribution in [0.2, 0.25) is 5.15 Å². The lowest BCUT2D eigenvalue weighted by Crippen LogP contribution is -2.24. The van der Waals surface area contributed by atoms with Crippen molar-refractivity contribution in [1.82, 2.24) is 10.3 Å². The van der Waals surface area contributed by atoms with Crippen LogP contribution in [0.15, 0.2) is 48.5 Å². The number of alkyl carbamates (subject to hydrolysis) is 1. The van der Waals surface area contributed by atoms with Gasteiger partial charge in [0, 0.05) is 0 Å². The first-order chi connectivity index (χ1) is 10.2. The number of amides is 1. The minimum absolute atomic E-state index is 0.182. The number of carbonyl (C=O) groups excluding carboxylic acids is 1. The Morgan fingerprint density at radius 1 is 1.19 bits per heavy atom. The van der Waals surface area contributed by atoms with Crippen LogP contribution >= 0.6 is 11.6 Å². The second-order valence-corrected chi connectivity index (χ2v) is 4.45. The third-order valence-corrected chi connectivity index (χ3v) is 2.68. The molecule has 0 atom stereocenters. The summed E-state index contributed by atoms with van der Waals surface area (Å²) in [6.07, 6.45) is -0.507. The number of benzene rings is 1. The van der Waals surface area contributed by atoms with E-state index in [9.17, 15) is 4.79 Å². The minimum Gasteiger partial charge on any atom is -0.445 e. The number of ether oxygens (including phenoxy) is 1. The largest absolute Gasteiger partial charge is 0.445 e. The SMILES string of the molecule is O=C(NCC#Cc1cccc(Cl)n1)OCc1ccccc1. The van der Waals surface area contributed by atoms with Crippen LogP contribution in [0.5, 0.6) is 0 Å². The van der Waals surface area contributed by atoms with Crippen molar-refractivity contribution in [2.75, 3.05) is 6.54 Å². The molecule has 4 nitrogen and oxygen atoms in total. The zero-order chi connectivity index (χ0) is 14.9. The summed E-state index contributed by atoms with van der Waals surface area (Å²) in [6, 6.07) is 14.6. The average Bonchev–Trinajstić information content (AvgIpc) is 2.51. The molecule has 0 fully saturated rings. The van der Waals surface area contributed by atoms with Crippen molar-refractivity contribution in [2.24, 2.45) is 0 Å². The molecule has 106 valence electrons. The van der Waals surface area contributed by atoms with Crippen LogP contribution in [-0.4, -0.2) is 17.6 Å². The second-order valence-electron chi connectivity index (χ2n) is 4.06. The lowest BCUT2D eigenvalue weighted by molar-refractivity contribution is 0.141. The zero-order valence-electron chi connectivity index (χ0n) is 11.2. The van der Waals surface area contributed by atoms with Gasteiger partial charge in [0.25, 0.3) is 0 Å². The van der Waals surface area contributed by atoms with E-state index in [1.165, 1.54) is 0 Å². The molecular formula is C16H13ClN2O2. The van der Waals surface area contributed by atoms with Crippen molar-refractivity contribution in [3.05, 3.63) is 64.9 Å². The Balaban J connectivity index is 1.72. The van der Waals surface area contributed by atoms with Gasteiger partial charge < -0.3 is 10.1 Å². The van der Waals surface area contributed by atoms with E-state index in [0.29, 0.717) is 10.8 Å². The number of hydrogen-bond acceptors (Lipinski definition) is 3. The minimum atomic E-state index is -0.507. The van der Waals surface area contributed by atoms with E-state index in [4.69, 9.17) is 16.3 Å². The van der Waals surface area contributed by atoms with Crippen LogP contribution in [0, 0.1) is 11.8 Å². The summed E-state index contributed by atoms with van der Waals surface area (Å²) >= 11 is 5.74. The van der Waals surface area contributed by atoms with Gasteiger partial charge in [-0.1, -0.05) is 53.9 Å². The normalized spacial score (nSPS) is 9.38. The van der Waals surface area contributed by atoms with Crippen LogP contribution in [0.3, 0.4) is 0 Å². The number of halogens is 1.